The van der Waals surface area contributed by atoms with Gasteiger partial charge in [0.1, 0.15) is 11.6 Å². The summed E-state index contributed by atoms with van der Waals surface area (Å²) in [6, 6.07) is 6.80. The number of nitrogens with one attached hydrogen (secondary N) is 1. The maximum atomic E-state index is 12.9. The van der Waals surface area contributed by atoms with Crippen LogP contribution in [-0.4, -0.2) is 22.4 Å². The highest BCUT2D eigenvalue weighted by molar-refractivity contribution is 7.99. The van der Waals surface area contributed by atoms with E-state index in [-0.39, 0.29) is 11.9 Å². The van der Waals surface area contributed by atoms with E-state index in [0.29, 0.717) is 0 Å². The predicted octanol–water partition coefficient (Wildman–Crippen LogP) is 3.49. The molecule has 0 aliphatic heterocycles. The molecule has 0 fully saturated rings. The molecule has 1 heterocycles. The first-order chi connectivity index (χ1) is 9.74. The van der Waals surface area contributed by atoms with Crippen molar-refractivity contribution in [3.8, 4) is 0 Å². The highest BCUT2D eigenvalue weighted by atomic mass is 32.2. The number of nitrogens with zero attached hydrogens (tertiary/aromatic N) is 2. The first-order valence-electron chi connectivity index (χ1n) is 6.81. The molecule has 0 saturated heterocycles. The largest absolute Gasteiger partial charge is 0.334 e. The summed E-state index contributed by atoms with van der Waals surface area (Å²) in [7, 11) is 1.95. The lowest BCUT2D eigenvalue weighted by Gasteiger charge is -2.17. The monoisotopic (exact) mass is 293 g/mol. The third-order valence-electron chi connectivity index (χ3n) is 3.10. The zero-order chi connectivity index (χ0) is 14.4. The lowest BCUT2D eigenvalue weighted by atomic mass is 10.3. The van der Waals surface area contributed by atoms with Crippen molar-refractivity contribution in [2.24, 2.45) is 0 Å². The molecule has 0 aliphatic carbocycles. The van der Waals surface area contributed by atoms with Gasteiger partial charge in [0.05, 0.1) is 6.04 Å². The van der Waals surface area contributed by atoms with E-state index in [1.54, 1.807) is 11.8 Å². The van der Waals surface area contributed by atoms with Gasteiger partial charge in [0.2, 0.25) is 0 Å². The van der Waals surface area contributed by atoms with E-state index in [0.717, 1.165) is 29.4 Å². The molecule has 1 aromatic heterocycles. The van der Waals surface area contributed by atoms with Crippen molar-refractivity contribution in [2.45, 2.75) is 30.8 Å². The van der Waals surface area contributed by atoms with Crippen LogP contribution in [-0.2, 0) is 6.54 Å². The molecule has 1 aromatic carbocycles. The number of hydrogen-bond donors (Lipinski definition) is 1. The van der Waals surface area contributed by atoms with Gasteiger partial charge < -0.3 is 9.88 Å². The van der Waals surface area contributed by atoms with E-state index in [2.05, 4.69) is 21.8 Å². The molecule has 108 valence electrons. The topological polar surface area (TPSA) is 29.9 Å². The van der Waals surface area contributed by atoms with E-state index in [4.69, 9.17) is 0 Å². The zero-order valence-corrected chi connectivity index (χ0v) is 12.7. The minimum absolute atomic E-state index is 0.187. The lowest BCUT2D eigenvalue weighted by molar-refractivity contribution is 0.552. The Balaban J connectivity index is 2.01. The summed E-state index contributed by atoms with van der Waals surface area (Å²) in [5.74, 6) is 1.73. The van der Waals surface area contributed by atoms with Crippen LogP contribution in [0.25, 0.3) is 0 Å². The van der Waals surface area contributed by atoms with Crippen LogP contribution in [0.2, 0.25) is 0 Å². The minimum atomic E-state index is -0.196. The molecule has 0 saturated carbocycles. The highest BCUT2D eigenvalue weighted by Crippen LogP contribution is 2.24. The van der Waals surface area contributed by atoms with Crippen molar-refractivity contribution in [2.75, 3.05) is 12.8 Å². The summed E-state index contributed by atoms with van der Waals surface area (Å²) < 4.78 is 15.1. The maximum absolute atomic E-state index is 12.9. The second-order valence-corrected chi connectivity index (χ2v) is 5.68. The van der Waals surface area contributed by atoms with E-state index in [1.165, 1.54) is 12.1 Å². The van der Waals surface area contributed by atoms with Crippen LogP contribution in [0.4, 0.5) is 4.39 Å². The summed E-state index contributed by atoms with van der Waals surface area (Å²) in [5.41, 5.74) is 0. The van der Waals surface area contributed by atoms with Gasteiger partial charge in [-0.2, -0.15) is 0 Å². The fourth-order valence-corrected chi connectivity index (χ4v) is 3.06. The van der Waals surface area contributed by atoms with Crippen molar-refractivity contribution in [3.05, 3.63) is 48.3 Å². The number of hydrogen-bond acceptors (Lipinski definition) is 3. The van der Waals surface area contributed by atoms with Gasteiger partial charge in [0.15, 0.2) is 0 Å². The second-order valence-electron chi connectivity index (χ2n) is 4.59. The molecule has 0 aliphatic rings. The Morgan fingerprint density at radius 2 is 2.10 bits per heavy atom. The number of thioether (sulfide) groups is 1. The van der Waals surface area contributed by atoms with Gasteiger partial charge >= 0.3 is 0 Å². The van der Waals surface area contributed by atoms with E-state index in [9.17, 15) is 4.39 Å². The van der Waals surface area contributed by atoms with Crippen molar-refractivity contribution >= 4 is 11.8 Å². The van der Waals surface area contributed by atoms with Crippen LogP contribution in [0.3, 0.4) is 0 Å². The molecule has 0 spiro atoms. The molecule has 0 radical (unpaired) electrons. The summed E-state index contributed by atoms with van der Waals surface area (Å²) in [6.45, 7) is 3.14. The van der Waals surface area contributed by atoms with Crippen LogP contribution < -0.4 is 5.32 Å². The maximum Gasteiger partial charge on any atom is 0.126 e. The van der Waals surface area contributed by atoms with Crippen molar-refractivity contribution < 1.29 is 4.39 Å². The fourth-order valence-electron chi connectivity index (χ4n) is 2.06. The summed E-state index contributed by atoms with van der Waals surface area (Å²) in [6.07, 6.45) is 4.95. The molecule has 20 heavy (non-hydrogen) atoms. The quantitative estimate of drug-likeness (QED) is 0.793. The van der Waals surface area contributed by atoms with Gasteiger partial charge in [0, 0.05) is 29.6 Å². The van der Waals surface area contributed by atoms with Gasteiger partial charge in [-0.3, -0.25) is 0 Å². The average Bonchev–Trinajstić information content (AvgIpc) is 2.90. The number of aryl methyl sites for hydroxylation is 1. The first kappa shape index (κ1) is 15.1. The molecule has 2 rings (SSSR count). The van der Waals surface area contributed by atoms with Gasteiger partial charge in [-0.15, -0.1) is 11.8 Å². The first-order valence-corrected chi connectivity index (χ1v) is 7.79. The Hall–Kier alpha value is -1.33. The van der Waals surface area contributed by atoms with Gasteiger partial charge in [-0.05, 0) is 37.7 Å². The Bertz CT molecular complexity index is 524. The number of halogens is 1. The summed E-state index contributed by atoms with van der Waals surface area (Å²) in [5, 5.41) is 3.31. The third-order valence-corrected chi connectivity index (χ3v) is 4.21. The fraction of sp³-hybridized carbons (Fsp3) is 0.400. The molecule has 2 aromatic rings. The second kappa shape index (κ2) is 7.45. The standard InChI is InChI=1S/C15H20FN3S/c1-3-9-19-10-8-18-15(19)14(17-2)11-20-13-6-4-12(16)5-7-13/h4-8,10,14,17H,3,9,11H2,1-2H3. The van der Waals surface area contributed by atoms with Gasteiger partial charge in [-0.1, -0.05) is 6.92 Å². The van der Waals surface area contributed by atoms with Crippen LogP contribution in [0, 0.1) is 5.82 Å². The molecule has 0 amide bonds. The van der Waals surface area contributed by atoms with E-state index in [1.807, 2.05) is 31.6 Å². The third kappa shape index (κ3) is 3.84. The van der Waals surface area contributed by atoms with Crippen LogP contribution in [0.15, 0.2) is 41.6 Å². The number of aromatic nitrogens is 2. The normalized spacial score (nSPS) is 12.6. The lowest BCUT2D eigenvalue weighted by Crippen LogP contribution is -2.23. The molecular formula is C15H20FN3S. The number of imidazole rings is 1. The Labute approximate surface area is 123 Å². The molecule has 5 heteroatoms. The summed E-state index contributed by atoms with van der Waals surface area (Å²) in [4.78, 5) is 5.53. The highest BCUT2D eigenvalue weighted by Gasteiger charge is 2.15. The number of rotatable bonds is 7. The Kier molecular flexibility index (Phi) is 5.61. The molecule has 1 N–H and O–H groups in total. The van der Waals surface area contributed by atoms with Crippen molar-refractivity contribution in [1.29, 1.82) is 0 Å². The Morgan fingerprint density at radius 3 is 2.75 bits per heavy atom. The Morgan fingerprint density at radius 1 is 1.35 bits per heavy atom. The van der Waals surface area contributed by atoms with Crippen molar-refractivity contribution in [3.63, 3.8) is 0 Å². The molecule has 1 atom stereocenters. The number of benzene rings is 1. The summed E-state index contributed by atoms with van der Waals surface area (Å²) >= 11 is 1.70. The van der Waals surface area contributed by atoms with Gasteiger partial charge in [0.25, 0.3) is 0 Å². The van der Waals surface area contributed by atoms with Crippen molar-refractivity contribution in [1.82, 2.24) is 14.9 Å². The van der Waals surface area contributed by atoms with Crippen LogP contribution in [0.5, 0.6) is 0 Å². The molecule has 1 unspecified atom stereocenters. The van der Waals surface area contributed by atoms with E-state index >= 15 is 0 Å². The molecular weight excluding hydrogens is 273 g/mol. The van der Waals surface area contributed by atoms with Crippen LogP contribution >= 0.6 is 11.8 Å². The molecule has 0 bridgehead atoms. The smallest absolute Gasteiger partial charge is 0.126 e. The van der Waals surface area contributed by atoms with E-state index < -0.39 is 0 Å². The minimum Gasteiger partial charge on any atom is -0.334 e. The SMILES string of the molecule is CCCn1ccnc1C(CSc1ccc(F)cc1)NC. The van der Waals surface area contributed by atoms with Crippen LogP contribution in [0.1, 0.15) is 25.2 Å². The molecule has 3 nitrogen and oxygen atoms in total. The average molecular weight is 293 g/mol. The zero-order valence-electron chi connectivity index (χ0n) is 11.8. The predicted molar refractivity (Wildman–Crippen MR) is 81.4 cm³/mol. The van der Waals surface area contributed by atoms with Gasteiger partial charge in [-0.25, -0.2) is 9.37 Å².